The lowest BCUT2D eigenvalue weighted by Crippen LogP contribution is -2.17. The summed E-state index contributed by atoms with van der Waals surface area (Å²) in [5.41, 5.74) is 0. The van der Waals surface area contributed by atoms with Crippen LogP contribution in [0.15, 0.2) is 0 Å². The van der Waals surface area contributed by atoms with E-state index in [0.717, 1.165) is 28.8 Å². The summed E-state index contributed by atoms with van der Waals surface area (Å²) >= 11 is 4.79. The summed E-state index contributed by atoms with van der Waals surface area (Å²) in [4.78, 5) is 84.4. The first-order valence-corrected chi connectivity index (χ1v) is 40.8. The van der Waals surface area contributed by atoms with E-state index in [-0.39, 0.29) is 171 Å². The van der Waals surface area contributed by atoms with Crippen LogP contribution in [0.5, 0.6) is 0 Å². The van der Waals surface area contributed by atoms with Gasteiger partial charge in [0.2, 0.25) is 0 Å². The van der Waals surface area contributed by atoms with Crippen LogP contribution in [0.2, 0.25) is 0 Å². The first-order chi connectivity index (χ1) is 40.8. The van der Waals surface area contributed by atoms with Crippen LogP contribution in [0.3, 0.4) is 0 Å². The number of carbonyl (C=O) groups is 8. The van der Waals surface area contributed by atoms with Crippen molar-refractivity contribution >= 4 is 131 Å². The van der Waals surface area contributed by atoms with Gasteiger partial charge in [-0.15, -0.1) is 0 Å². The zero-order chi connectivity index (χ0) is 70.1. The topological polar surface area (TPSA) is 467 Å². The Morgan fingerprint density at radius 2 is 0.545 bits per heavy atom. The van der Waals surface area contributed by atoms with Gasteiger partial charge >= 0.3 is 11.9 Å². The van der Waals surface area contributed by atoms with Crippen LogP contribution >= 0.6 is 35.3 Å². The fourth-order valence-electron chi connectivity index (χ4n) is 4.66. The van der Waals surface area contributed by atoms with Crippen LogP contribution < -0.4 is 0 Å². The van der Waals surface area contributed by atoms with E-state index in [2.05, 4.69) is 4.74 Å². The molecule has 0 rings (SSSR count). The Morgan fingerprint density at radius 1 is 0.295 bits per heavy atom. The second kappa shape index (κ2) is 68.8. The molecular weight excluding hydrogens is 1330 g/mol. The van der Waals surface area contributed by atoms with Crippen molar-refractivity contribution in [3.05, 3.63) is 0 Å². The molecule has 0 atom stereocenters. The molecule has 0 aliphatic carbocycles. The van der Waals surface area contributed by atoms with Gasteiger partial charge in [0.1, 0.15) is 34.7 Å². The molecule has 528 valence electrons. The highest BCUT2D eigenvalue weighted by atomic mass is 32.2. The number of hydrogen-bond acceptors (Lipinski definition) is 30. The molecule has 0 bridgehead atoms. The predicted octanol–water partition coefficient (Wildman–Crippen LogP) is 1.08. The number of thioether (sulfide) groups is 3. The van der Waals surface area contributed by atoms with Gasteiger partial charge in [-0.3, -0.25) is 38.4 Å². The second-order valence-corrected chi connectivity index (χ2v) is 33.1. The molecule has 35 heteroatoms. The van der Waals surface area contributed by atoms with Gasteiger partial charge in [0, 0.05) is 91.6 Å². The third-order valence-corrected chi connectivity index (χ3v) is 20.7. The number of ether oxygens (including phenoxy) is 2. The highest BCUT2D eigenvalue weighted by Gasteiger charge is 2.15. The zero-order valence-corrected chi connectivity index (χ0v) is 59.5. The molecule has 0 radical (unpaired) electrons. The Bertz CT molecular complexity index is 2240. The van der Waals surface area contributed by atoms with Gasteiger partial charge in [-0.1, -0.05) is 20.8 Å². The first kappa shape index (κ1) is 102. The Morgan fingerprint density at radius 3 is 0.807 bits per heavy atom. The van der Waals surface area contributed by atoms with E-state index in [4.69, 9.17) is 40.5 Å². The van der Waals surface area contributed by atoms with Crippen LogP contribution in [0.4, 0.5) is 0 Å². The van der Waals surface area contributed by atoms with Crippen LogP contribution in [0.1, 0.15) is 133 Å². The second-order valence-electron chi connectivity index (χ2n) is 17.9. The van der Waals surface area contributed by atoms with Gasteiger partial charge in [-0.2, -0.15) is 35.3 Å². The summed E-state index contributed by atoms with van der Waals surface area (Å²) in [6, 6.07) is 0. The number of Topliss-reactive ketones (excluding diaryl/α,β-unsaturated/α-hetero) is 6. The quantitative estimate of drug-likeness (QED) is 0.0331. The van der Waals surface area contributed by atoms with Crippen molar-refractivity contribution in [2.75, 3.05) is 152 Å². The SMILES string of the molecule is CC(=O)CCS(=O)(=O)CCO.CC(=O)CCS(=O)(=O)CCO.CC(=O)CCSCCO.CCC(=O)CCS(=O)(=O)CCO.CCC(=O)CCSCCO.CCCS(=O)(=O)CCC(C)=O.CCOC(=O)CCS(=O)(=O)CCO.CCOC(=O)CCSCCO. The van der Waals surface area contributed by atoms with Gasteiger partial charge in [0.25, 0.3) is 0 Å². The summed E-state index contributed by atoms with van der Waals surface area (Å²) < 4.78 is 118. The molecule has 27 nitrogen and oxygen atoms in total. The summed E-state index contributed by atoms with van der Waals surface area (Å²) in [5, 5.41) is 58.4. The lowest BCUT2D eigenvalue weighted by atomic mass is 10.2. The number of aliphatic hydroxyl groups excluding tert-OH is 7. The van der Waals surface area contributed by atoms with Crippen molar-refractivity contribution in [2.24, 2.45) is 0 Å². The van der Waals surface area contributed by atoms with Crippen LogP contribution in [-0.4, -0.2) is 276 Å². The molecule has 0 spiro atoms. The van der Waals surface area contributed by atoms with Gasteiger partial charge in [-0.25, -0.2) is 42.1 Å². The zero-order valence-electron chi connectivity index (χ0n) is 53.0. The molecule has 7 N–H and O–H groups in total. The third-order valence-electron chi connectivity index (χ3n) is 9.41. The summed E-state index contributed by atoms with van der Waals surface area (Å²) in [6.45, 7) is 14.3. The van der Waals surface area contributed by atoms with Crippen molar-refractivity contribution in [3.63, 3.8) is 0 Å². The summed E-state index contributed by atoms with van der Waals surface area (Å²) in [5.74, 6) is 2.52. The minimum Gasteiger partial charge on any atom is -0.466 e. The molecule has 0 unspecified atom stereocenters. The van der Waals surface area contributed by atoms with Gasteiger partial charge in [0.05, 0.1) is 124 Å². The molecule has 0 heterocycles. The van der Waals surface area contributed by atoms with Crippen molar-refractivity contribution in [2.45, 2.75) is 133 Å². The molecule has 0 fully saturated rings. The van der Waals surface area contributed by atoms with E-state index in [1.807, 2.05) is 13.8 Å². The number of ketones is 6. The van der Waals surface area contributed by atoms with E-state index >= 15 is 0 Å². The largest absolute Gasteiger partial charge is 0.466 e. The molecule has 0 aromatic heterocycles. The predicted molar refractivity (Wildman–Crippen MR) is 349 cm³/mol. The molecule has 88 heavy (non-hydrogen) atoms. The number of rotatable bonds is 44. The molecule has 0 aromatic rings. The number of aliphatic hydroxyl groups is 7. The number of hydrogen-bond donors (Lipinski definition) is 7. The molecule has 0 saturated heterocycles. The number of carbonyl (C=O) groups excluding carboxylic acids is 8. The van der Waals surface area contributed by atoms with E-state index in [9.17, 15) is 80.4 Å². The number of sulfone groups is 5. The Hall–Kier alpha value is -2.52. The van der Waals surface area contributed by atoms with E-state index in [1.54, 1.807) is 63.0 Å². The van der Waals surface area contributed by atoms with Crippen molar-refractivity contribution < 1.29 is 126 Å². The first-order valence-electron chi connectivity index (χ1n) is 28.2. The molecule has 0 aliphatic rings. The summed E-state index contributed by atoms with van der Waals surface area (Å²) in [6.07, 6.45) is 3.53. The fourth-order valence-corrected chi connectivity index (χ4v) is 12.3. The summed E-state index contributed by atoms with van der Waals surface area (Å²) in [7, 11) is -15.8. The van der Waals surface area contributed by atoms with Crippen LogP contribution in [0.25, 0.3) is 0 Å². The monoisotopic (exact) mass is 1430 g/mol. The Kier molecular flexibility index (Phi) is 79.5. The lowest BCUT2D eigenvalue weighted by molar-refractivity contribution is -0.143. The van der Waals surface area contributed by atoms with Crippen molar-refractivity contribution in [1.82, 2.24) is 0 Å². The highest BCUT2D eigenvalue weighted by Crippen LogP contribution is 2.04. The smallest absolute Gasteiger partial charge is 0.306 e. The maximum absolute atomic E-state index is 11.0. The van der Waals surface area contributed by atoms with Gasteiger partial charge in [-0.05, 0) is 48.0 Å². The standard InChI is InChI=1S/C7H14O5S.C7H14O4S.2C7H14O3S.C7H14O2S.2C6H12O4S.C6H12O2S/c1-2-12-7(9)3-5-13(10,11)6-4-8;1-2-7(9)3-5-12(10,11)6-4-8;1-3-5-11(9,10)6-4-7(2)8;1-2-10-7(9)3-5-11-6-4-8;1-2-7(9)3-5-10-6-4-8;2*1-6(8)2-4-11(9,10)5-3-7;1-6(8)2-4-9-5-3-7/h8H,2-6H2,1H3;8H,2-6H2,1H3;3-6H2,1-2H3;8H,2-6H2,1H3;8H,2-6H2,1H3;2*7H,2-5H2,1H3;7H,2-5H2,1H3. The molecular formula is C53H106O27S8. The normalized spacial score (nSPS) is 10.8. The molecule has 0 saturated carbocycles. The van der Waals surface area contributed by atoms with Gasteiger partial charge in [0.15, 0.2) is 49.2 Å². The maximum atomic E-state index is 11.0. The van der Waals surface area contributed by atoms with E-state index in [0.29, 0.717) is 56.7 Å². The lowest BCUT2D eigenvalue weighted by Gasteiger charge is -2.02. The molecule has 0 amide bonds. The number of esters is 2. The van der Waals surface area contributed by atoms with E-state index < -0.39 is 61.8 Å². The van der Waals surface area contributed by atoms with Gasteiger partial charge < -0.3 is 45.2 Å². The van der Waals surface area contributed by atoms with Crippen LogP contribution in [-0.2, 0) is 97.0 Å². The van der Waals surface area contributed by atoms with Crippen molar-refractivity contribution in [3.8, 4) is 0 Å². The average Bonchev–Trinajstić information content (AvgIpc) is 3.43. The minimum atomic E-state index is -3.30. The Labute approximate surface area is 537 Å². The van der Waals surface area contributed by atoms with Crippen LogP contribution in [0, 0.1) is 0 Å². The fraction of sp³-hybridized carbons (Fsp3) is 0.849. The minimum absolute atomic E-state index is 0.0101. The average molecular weight is 1430 g/mol. The third kappa shape index (κ3) is 99.7. The highest BCUT2D eigenvalue weighted by molar-refractivity contribution is 7.99. The Balaban J connectivity index is -0.000000139. The van der Waals surface area contributed by atoms with Crippen molar-refractivity contribution in [1.29, 1.82) is 0 Å². The molecule has 0 aromatic carbocycles. The molecule has 0 aliphatic heterocycles. The maximum Gasteiger partial charge on any atom is 0.306 e. The van der Waals surface area contributed by atoms with E-state index in [1.165, 1.54) is 20.8 Å².